The Balaban J connectivity index is 2.00. The van der Waals surface area contributed by atoms with Gasteiger partial charge >= 0.3 is 0 Å². The van der Waals surface area contributed by atoms with Crippen molar-refractivity contribution in [1.82, 2.24) is 14.5 Å². The summed E-state index contributed by atoms with van der Waals surface area (Å²) in [5.41, 5.74) is 0.439. The molecule has 0 atom stereocenters. The largest absolute Gasteiger partial charge is 0.352 e. The fourth-order valence-corrected chi connectivity index (χ4v) is 4.17. The molecule has 144 valence electrons. The molecule has 2 rings (SSSR count). The number of carbonyl (C=O) groups excluding carboxylic acids is 2. The van der Waals surface area contributed by atoms with Gasteiger partial charge in [-0.15, -0.1) is 0 Å². The Labute approximate surface area is 155 Å². The number of benzene rings is 1. The highest BCUT2D eigenvalue weighted by atomic mass is 32.2. The summed E-state index contributed by atoms with van der Waals surface area (Å²) in [7, 11) is -3.62. The van der Waals surface area contributed by atoms with E-state index in [2.05, 4.69) is 19.2 Å². The Morgan fingerprint density at radius 3 is 2.15 bits per heavy atom. The summed E-state index contributed by atoms with van der Waals surface area (Å²) < 4.78 is 26.8. The number of rotatable bonds is 6. The van der Waals surface area contributed by atoms with E-state index in [4.69, 9.17) is 0 Å². The van der Waals surface area contributed by atoms with Crippen LogP contribution in [-0.2, 0) is 14.8 Å². The second kappa shape index (κ2) is 8.64. The van der Waals surface area contributed by atoms with Gasteiger partial charge in [-0.25, -0.2) is 8.42 Å². The number of amides is 2. The predicted octanol–water partition coefficient (Wildman–Crippen LogP) is 1.32. The molecule has 26 heavy (non-hydrogen) atoms. The molecule has 1 aliphatic rings. The Morgan fingerprint density at radius 1 is 1.08 bits per heavy atom. The van der Waals surface area contributed by atoms with Crippen molar-refractivity contribution in [1.29, 1.82) is 0 Å². The van der Waals surface area contributed by atoms with Gasteiger partial charge in [0.25, 0.3) is 5.91 Å². The minimum atomic E-state index is -3.62. The van der Waals surface area contributed by atoms with E-state index in [1.165, 1.54) is 35.5 Å². The summed E-state index contributed by atoms with van der Waals surface area (Å²) in [4.78, 5) is 25.2. The Hall–Kier alpha value is -1.93. The van der Waals surface area contributed by atoms with Crippen molar-refractivity contribution in [3.05, 3.63) is 29.8 Å². The Bertz CT molecular complexity index is 736. The fourth-order valence-electron chi connectivity index (χ4n) is 2.75. The number of hydrogen-bond donors (Lipinski definition) is 1. The first-order valence-corrected chi connectivity index (χ1v) is 10.3. The lowest BCUT2D eigenvalue weighted by Crippen LogP contribution is -2.49. The average Bonchev–Trinajstić information content (AvgIpc) is 2.61. The third kappa shape index (κ3) is 5.04. The van der Waals surface area contributed by atoms with E-state index in [9.17, 15) is 18.0 Å². The van der Waals surface area contributed by atoms with E-state index in [0.29, 0.717) is 31.1 Å². The molecule has 1 saturated heterocycles. The van der Waals surface area contributed by atoms with Crippen molar-refractivity contribution in [3.63, 3.8) is 0 Å². The standard InChI is InChI=1S/C18H27N3O4S/c1-14(2)8-9-19-18(23)16-4-6-17(7-5-16)26(24,25)21-12-10-20(11-13-21)15(3)22/h4-7,14H,8-13H2,1-3H3,(H,19,23). The smallest absolute Gasteiger partial charge is 0.251 e. The van der Waals surface area contributed by atoms with Crippen molar-refractivity contribution >= 4 is 21.8 Å². The molecule has 0 aliphatic carbocycles. The quantitative estimate of drug-likeness (QED) is 0.805. The topological polar surface area (TPSA) is 86.8 Å². The zero-order valence-corrected chi connectivity index (χ0v) is 16.4. The molecule has 0 aromatic heterocycles. The summed E-state index contributed by atoms with van der Waals surface area (Å²) in [5.74, 6) is 0.255. The number of nitrogens with one attached hydrogen (secondary N) is 1. The highest BCUT2D eigenvalue weighted by Crippen LogP contribution is 2.18. The van der Waals surface area contributed by atoms with Gasteiger partial charge in [-0.05, 0) is 36.6 Å². The van der Waals surface area contributed by atoms with Gasteiger partial charge in [-0.2, -0.15) is 4.31 Å². The SMILES string of the molecule is CC(=O)N1CCN(S(=O)(=O)c2ccc(C(=O)NCCC(C)C)cc2)CC1. The third-order valence-corrected chi connectivity index (χ3v) is 6.36. The van der Waals surface area contributed by atoms with Crippen molar-refractivity contribution in [3.8, 4) is 0 Å². The second-order valence-electron chi connectivity index (χ2n) is 6.87. The summed E-state index contributed by atoms with van der Waals surface area (Å²) in [6.45, 7) is 7.59. The molecule has 7 nitrogen and oxygen atoms in total. The molecule has 0 saturated carbocycles. The minimum Gasteiger partial charge on any atom is -0.352 e. The molecule has 0 unspecified atom stereocenters. The highest BCUT2D eigenvalue weighted by molar-refractivity contribution is 7.89. The molecule has 0 bridgehead atoms. The number of hydrogen-bond acceptors (Lipinski definition) is 4. The number of nitrogens with zero attached hydrogens (tertiary/aromatic N) is 2. The molecule has 1 fully saturated rings. The second-order valence-corrected chi connectivity index (χ2v) is 8.81. The molecule has 1 aromatic rings. The van der Waals surface area contributed by atoms with E-state index in [-0.39, 0.29) is 29.8 Å². The van der Waals surface area contributed by atoms with E-state index < -0.39 is 10.0 Å². The van der Waals surface area contributed by atoms with Gasteiger partial charge in [0.15, 0.2) is 0 Å². The van der Waals surface area contributed by atoms with Crippen LogP contribution in [0, 0.1) is 5.92 Å². The summed E-state index contributed by atoms with van der Waals surface area (Å²) in [6, 6.07) is 5.99. The molecule has 1 N–H and O–H groups in total. The highest BCUT2D eigenvalue weighted by Gasteiger charge is 2.29. The summed E-state index contributed by atoms with van der Waals surface area (Å²) >= 11 is 0. The first-order valence-electron chi connectivity index (χ1n) is 8.85. The Kier molecular flexibility index (Phi) is 6.77. The zero-order chi connectivity index (χ0) is 19.3. The average molecular weight is 381 g/mol. The molecule has 8 heteroatoms. The lowest BCUT2D eigenvalue weighted by molar-refractivity contribution is -0.129. The van der Waals surface area contributed by atoms with Crippen LogP contribution in [0.3, 0.4) is 0 Å². The summed E-state index contributed by atoms with van der Waals surface area (Å²) in [6.07, 6.45) is 0.893. The maximum Gasteiger partial charge on any atom is 0.251 e. The van der Waals surface area contributed by atoms with E-state index in [1.54, 1.807) is 4.90 Å². The van der Waals surface area contributed by atoms with Gasteiger partial charge in [0.05, 0.1) is 4.90 Å². The Morgan fingerprint density at radius 2 is 1.65 bits per heavy atom. The number of sulfonamides is 1. The lowest BCUT2D eigenvalue weighted by Gasteiger charge is -2.33. The fraction of sp³-hybridized carbons (Fsp3) is 0.556. The molecule has 1 aliphatic heterocycles. The van der Waals surface area contributed by atoms with Crippen LogP contribution in [0.5, 0.6) is 0 Å². The first kappa shape index (κ1) is 20.4. The number of piperazine rings is 1. The van der Waals surface area contributed by atoms with Crippen molar-refractivity contribution in [2.45, 2.75) is 32.1 Å². The molecule has 0 spiro atoms. The molecular weight excluding hydrogens is 354 g/mol. The van der Waals surface area contributed by atoms with Gasteiger partial charge in [-0.3, -0.25) is 9.59 Å². The van der Waals surface area contributed by atoms with Crippen molar-refractivity contribution in [2.75, 3.05) is 32.7 Å². The van der Waals surface area contributed by atoms with Crippen LogP contribution < -0.4 is 5.32 Å². The minimum absolute atomic E-state index is 0.0464. The van der Waals surface area contributed by atoms with Crippen LogP contribution in [0.15, 0.2) is 29.2 Å². The van der Waals surface area contributed by atoms with Crippen molar-refractivity contribution < 1.29 is 18.0 Å². The van der Waals surface area contributed by atoms with E-state index >= 15 is 0 Å². The first-order chi connectivity index (χ1) is 12.2. The van der Waals surface area contributed by atoms with Gasteiger partial charge in [0.1, 0.15) is 0 Å². The lowest BCUT2D eigenvalue weighted by atomic mass is 10.1. The zero-order valence-electron chi connectivity index (χ0n) is 15.6. The van der Waals surface area contributed by atoms with Gasteiger partial charge in [0.2, 0.25) is 15.9 Å². The molecular formula is C18H27N3O4S. The monoisotopic (exact) mass is 381 g/mol. The normalized spacial score (nSPS) is 15.9. The van der Waals surface area contributed by atoms with Crippen LogP contribution in [0.25, 0.3) is 0 Å². The predicted molar refractivity (Wildman–Crippen MR) is 99.2 cm³/mol. The maximum atomic E-state index is 12.7. The third-order valence-electron chi connectivity index (χ3n) is 4.45. The van der Waals surface area contributed by atoms with E-state index in [1.807, 2.05) is 0 Å². The van der Waals surface area contributed by atoms with Crippen LogP contribution >= 0.6 is 0 Å². The van der Waals surface area contributed by atoms with Crippen molar-refractivity contribution in [2.24, 2.45) is 5.92 Å². The van der Waals surface area contributed by atoms with Crippen LogP contribution in [-0.4, -0.2) is 62.2 Å². The molecule has 2 amide bonds. The maximum absolute atomic E-state index is 12.7. The molecule has 1 aromatic carbocycles. The number of carbonyl (C=O) groups is 2. The van der Waals surface area contributed by atoms with Crippen LogP contribution in [0.2, 0.25) is 0 Å². The van der Waals surface area contributed by atoms with E-state index in [0.717, 1.165) is 6.42 Å². The summed E-state index contributed by atoms with van der Waals surface area (Å²) in [5, 5.41) is 2.83. The van der Waals surface area contributed by atoms with Crippen LogP contribution in [0.4, 0.5) is 0 Å². The van der Waals surface area contributed by atoms with Gasteiger partial charge < -0.3 is 10.2 Å². The van der Waals surface area contributed by atoms with Gasteiger partial charge in [-0.1, -0.05) is 13.8 Å². The molecule has 0 radical (unpaired) electrons. The molecule has 1 heterocycles. The van der Waals surface area contributed by atoms with Gasteiger partial charge in [0, 0.05) is 45.2 Å². The van der Waals surface area contributed by atoms with Crippen LogP contribution in [0.1, 0.15) is 37.6 Å².